The van der Waals surface area contributed by atoms with E-state index < -0.39 is 12.9 Å². The highest BCUT2D eigenvalue weighted by Gasteiger charge is 2.52. The number of aliphatic carboxylic acids is 1. The van der Waals surface area contributed by atoms with E-state index in [1.165, 1.54) is 11.3 Å². The van der Waals surface area contributed by atoms with Gasteiger partial charge in [-0.2, -0.15) is 0 Å². The van der Waals surface area contributed by atoms with E-state index in [2.05, 4.69) is 5.32 Å². The summed E-state index contributed by atoms with van der Waals surface area (Å²) in [7, 11) is 0. The number of aromatic nitrogens is 1. The zero-order valence-electron chi connectivity index (χ0n) is 22.6. The lowest BCUT2D eigenvalue weighted by molar-refractivity contribution is -0.360. The second-order valence-electron chi connectivity index (χ2n) is 9.50. The minimum atomic E-state index is -4.10. The van der Waals surface area contributed by atoms with Gasteiger partial charge in [0.05, 0.1) is 4.88 Å². The summed E-state index contributed by atoms with van der Waals surface area (Å²) in [5.74, 6) is -0.829. The van der Waals surface area contributed by atoms with Gasteiger partial charge in [0.15, 0.2) is 18.0 Å². The van der Waals surface area contributed by atoms with E-state index in [0.29, 0.717) is 54.4 Å². The average Bonchev–Trinajstić information content (AvgIpc) is 3.69. The summed E-state index contributed by atoms with van der Waals surface area (Å²) < 4.78 is 39.6. The van der Waals surface area contributed by atoms with Crippen LogP contribution in [0.5, 0.6) is 5.75 Å². The van der Waals surface area contributed by atoms with Gasteiger partial charge in [-0.25, -0.2) is 0 Å². The van der Waals surface area contributed by atoms with Gasteiger partial charge < -0.3 is 37.6 Å². The van der Waals surface area contributed by atoms with Gasteiger partial charge in [-0.15, -0.1) is 11.3 Å². The Morgan fingerprint density at radius 2 is 1.90 bits per heavy atom. The molecular weight excluding hydrogens is 535 g/mol. The van der Waals surface area contributed by atoms with E-state index in [4.69, 9.17) is 4.74 Å². The number of halogens is 2. The number of unbranched alkanes of at least 4 members (excludes halogenated alkanes) is 2. The molecule has 2 aliphatic heterocycles. The first-order chi connectivity index (χ1) is 19.3. The number of nitrogens with one attached hydrogen (secondary N) is 1. The van der Waals surface area contributed by atoms with Crippen molar-refractivity contribution in [2.75, 3.05) is 13.2 Å². The number of ether oxygens (including phenoxy) is 1. The molecular formula is C29H28BF2N3O4S. The van der Waals surface area contributed by atoms with Crippen molar-refractivity contribution in [1.29, 1.82) is 0 Å². The van der Waals surface area contributed by atoms with Crippen LogP contribution >= 0.6 is 11.3 Å². The van der Waals surface area contributed by atoms with E-state index in [1.807, 2.05) is 17.5 Å². The number of amides is 1. The van der Waals surface area contributed by atoms with E-state index in [-0.39, 0.29) is 20.4 Å². The summed E-state index contributed by atoms with van der Waals surface area (Å²) >= 11 is 1.43. The van der Waals surface area contributed by atoms with Crippen LogP contribution in [0.3, 0.4) is 0 Å². The van der Waals surface area contributed by atoms with Gasteiger partial charge in [0.2, 0.25) is 0 Å². The molecule has 5 rings (SSSR count). The Morgan fingerprint density at radius 3 is 2.65 bits per heavy atom. The molecule has 0 atom stereocenters. The number of fused-ring (bicyclic) bond motifs is 2. The Labute approximate surface area is 236 Å². The molecule has 1 N–H and O–H groups in total. The second-order valence-corrected chi connectivity index (χ2v) is 10.4. The number of hydrogen-bond acceptors (Lipinski definition) is 5. The van der Waals surface area contributed by atoms with Crippen molar-refractivity contribution >= 4 is 54.1 Å². The van der Waals surface area contributed by atoms with Crippen LogP contribution in [0.1, 0.15) is 48.9 Å². The summed E-state index contributed by atoms with van der Waals surface area (Å²) in [6.07, 6.45) is 10.6. The van der Waals surface area contributed by atoms with Crippen LogP contribution < -0.4 is 15.2 Å². The van der Waals surface area contributed by atoms with Crippen molar-refractivity contribution in [3.8, 4) is 5.75 Å². The van der Waals surface area contributed by atoms with E-state index in [9.17, 15) is 14.7 Å². The Hall–Kier alpha value is -4.25. The van der Waals surface area contributed by atoms with Gasteiger partial charge in [-0.05, 0) is 66.6 Å². The molecule has 206 valence electrons. The molecule has 0 fully saturated rings. The number of carboxylic acid groups (broad SMARTS) is 1. The van der Waals surface area contributed by atoms with Crippen LogP contribution in [0.15, 0.2) is 71.8 Å². The third-order valence-corrected chi connectivity index (χ3v) is 7.59. The monoisotopic (exact) mass is 563 g/mol. The topological polar surface area (TPSA) is 86.4 Å². The van der Waals surface area contributed by atoms with Crippen molar-refractivity contribution in [2.45, 2.75) is 25.7 Å². The molecule has 1 aromatic carbocycles. The van der Waals surface area contributed by atoms with Crippen LogP contribution in [0.25, 0.3) is 18.2 Å². The van der Waals surface area contributed by atoms with Crippen LogP contribution in [0.4, 0.5) is 8.63 Å². The molecule has 0 radical (unpaired) electrons. The minimum absolute atomic E-state index is 0. The second kappa shape index (κ2) is 11.9. The van der Waals surface area contributed by atoms with Crippen molar-refractivity contribution < 1.29 is 34.0 Å². The summed E-state index contributed by atoms with van der Waals surface area (Å²) in [6.45, 7) is -3.80. The van der Waals surface area contributed by atoms with Crippen LogP contribution in [-0.4, -0.2) is 46.7 Å². The maximum Gasteiger partial charge on any atom is 1.00 e. The third-order valence-electron chi connectivity index (χ3n) is 6.70. The number of benzene rings is 1. The number of carbonyl (C=O) groups is 2. The Morgan fingerprint density at radius 1 is 1.07 bits per heavy atom. The number of allylic oxidation sites excluding steroid dienone is 2. The van der Waals surface area contributed by atoms with Crippen molar-refractivity contribution in [3.63, 3.8) is 0 Å². The Kier molecular flexibility index (Phi) is 8.11. The molecule has 7 nitrogen and oxygen atoms in total. The standard InChI is InChI=1S/C29H28BF2N3O4S/c31-30(32)34-22(11-12-23(34)19-24-13-16-26(35(24)30)27-5-4-18-40-27)10-7-21-8-14-25(15-9-21)39-20-28(36)33-17-3-1-2-6-29(37)38/h4-5,7-16,18-19H,1-3,6,17,20H2,(H,33,36)(H,37,38). The molecule has 2 aromatic heterocycles. The van der Waals surface area contributed by atoms with Gasteiger partial charge >= 0.3 is 8.40 Å². The Bertz CT molecular complexity index is 1530. The first-order valence-electron chi connectivity index (χ1n) is 13.0. The fourth-order valence-electron chi connectivity index (χ4n) is 4.77. The molecule has 1 amide bonds. The summed E-state index contributed by atoms with van der Waals surface area (Å²) in [5.41, 5.74) is 2.61. The number of carboxylic acids is 1. The molecule has 0 spiro atoms. The van der Waals surface area contributed by atoms with Gasteiger partial charge in [0, 0.05) is 42.1 Å². The Balaban J connectivity index is 0.00000387. The lowest BCUT2D eigenvalue weighted by atomic mass is 9.90. The molecule has 40 heavy (non-hydrogen) atoms. The fourth-order valence-corrected chi connectivity index (χ4v) is 5.52. The maximum atomic E-state index is 15.9. The van der Waals surface area contributed by atoms with E-state index in [0.717, 1.165) is 19.4 Å². The normalized spacial score (nSPS) is 15.2. The number of rotatable bonds is 12. The van der Waals surface area contributed by atoms with Crippen LogP contribution in [-0.2, 0) is 9.59 Å². The minimum Gasteiger partial charge on any atom is -0.550 e. The smallest absolute Gasteiger partial charge is 0.550 e. The largest absolute Gasteiger partial charge is 1.00 e. The number of nitrogens with zero attached hydrogens (tertiary/aromatic N) is 2. The highest BCUT2D eigenvalue weighted by atomic mass is 32.1. The molecule has 0 bridgehead atoms. The van der Waals surface area contributed by atoms with Crippen molar-refractivity contribution in [3.05, 3.63) is 93.6 Å². The first kappa shape index (κ1) is 27.3. The first-order valence-corrected chi connectivity index (χ1v) is 13.9. The van der Waals surface area contributed by atoms with Crippen molar-refractivity contribution in [1.82, 2.24) is 9.79 Å². The predicted octanol–water partition coefficient (Wildman–Crippen LogP) is 4.29. The highest BCUT2D eigenvalue weighted by molar-refractivity contribution is 7.12. The molecule has 0 aliphatic carbocycles. The molecule has 11 heteroatoms. The number of thiophene rings is 1. The molecule has 2 aliphatic rings. The lowest BCUT2D eigenvalue weighted by Crippen LogP contribution is -2.50. The van der Waals surface area contributed by atoms with Crippen molar-refractivity contribution in [2.24, 2.45) is 0 Å². The third kappa shape index (κ3) is 5.99. The molecule has 4 heterocycles. The SMILES string of the molecule is O=C([O-])CCCCCNC(=O)COc1ccc(C=Cc2ccc3n2[B-](F)(F)[N+]2=C(c4cccs4)C=CC2=C3)cc1.[H+]. The zero-order valence-corrected chi connectivity index (χ0v) is 22.4. The molecule has 0 unspecified atom stereocenters. The fraction of sp³-hybridized carbons (Fsp3) is 0.207. The summed E-state index contributed by atoms with van der Waals surface area (Å²) in [5, 5.41) is 15.0. The number of hydrogen-bond donors (Lipinski definition) is 1. The van der Waals surface area contributed by atoms with Gasteiger partial charge in [0.25, 0.3) is 5.91 Å². The van der Waals surface area contributed by atoms with E-state index >= 15 is 8.63 Å². The lowest BCUT2D eigenvalue weighted by Gasteiger charge is -2.30. The van der Waals surface area contributed by atoms with Gasteiger partial charge in [-0.1, -0.05) is 30.7 Å². The maximum absolute atomic E-state index is 15.9. The van der Waals surface area contributed by atoms with Crippen LogP contribution in [0.2, 0.25) is 0 Å². The average molecular weight is 563 g/mol. The highest BCUT2D eigenvalue weighted by Crippen LogP contribution is 2.34. The zero-order chi connectivity index (χ0) is 28.1. The van der Waals surface area contributed by atoms with Gasteiger partial charge in [-0.3, -0.25) is 4.79 Å². The van der Waals surface area contributed by atoms with Gasteiger partial charge in [0.1, 0.15) is 5.75 Å². The number of carbonyl (C=O) groups excluding carboxylic acids is 2. The molecule has 3 aromatic rings. The van der Waals surface area contributed by atoms with Crippen LogP contribution in [0, 0.1) is 0 Å². The quantitative estimate of drug-likeness (QED) is 0.263. The summed E-state index contributed by atoms with van der Waals surface area (Å²) in [6, 6.07) is 14.1. The van der Waals surface area contributed by atoms with E-state index in [1.54, 1.807) is 66.8 Å². The predicted molar refractivity (Wildman–Crippen MR) is 152 cm³/mol. The molecule has 0 saturated carbocycles. The molecule has 0 saturated heterocycles. The summed E-state index contributed by atoms with van der Waals surface area (Å²) in [4.78, 5) is 23.1.